The quantitative estimate of drug-likeness (QED) is 0.539. The van der Waals surface area contributed by atoms with Gasteiger partial charge in [-0.25, -0.2) is 0 Å². The van der Waals surface area contributed by atoms with E-state index in [0.29, 0.717) is 13.0 Å². The number of aryl methyl sites for hydroxylation is 2. The summed E-state index contributed by atoms with van der Waals surface area (Å²) < 4.78 is 5.46. The van der Waals surface area contributed by atoms with Crippen molar-refractivity contribution in [1.29, 1.82) is 0 Å². The molecule has 1 aliphatic heterocycles. The Labute approximate surface area is 133 Å². The predicted molar refractivity (Wildman–Crippen MR) is 88.3 cm³/mol. The number of hydrogen-bond donors (Lipinski definition) is 0. The fourth-order valence-electron chi connectivity index (χ4n) is 2.01. The Morgan fingerprint density at radius 3 is 2.36 bits per heavy atom. The van der Waals surface area contributed by atoms with Gasteiger partial charge >= 0.3 is 0 Å². The number of fused-ring (bicyclic) bond motifs is 1. The zero-order chi connectivity index (χ0) is 16.9. The van der Waals surface area contributed by atoms with Gasteiger partial charge in [0.05, 0.1) is 12.2 Å². The van der Waals surface area contributed by atoms with Gasteiger partial charge in [-0.2, -0.15) is 0 Å². The summed E-state index contributed by atoms with van der Waals surface area (Å²) in [7, 11) is 0. The molecule has 0 aliphatic carbocycles. The van der Waals surface area contributed by atoms with E-state index in [-0.39, 0.29) is 17.0 Å². The number of ketones is 2. The van der Waals surface area contributed by atoms with E-state index in [4.69, 9.17) is 4.74 Å². The van der Waals surface area contributed by atoms with Crippen LogP contribution in [0, 0.1) is 31.1 Å². The van der Waals surface area contributed by atoms with E-state index in [1.54, 1.807) is 0 Å². The third kappa shape index (κ3) is 5.73. The van der Waals surface area contributed by atoms with Crippen LogP contribution in [-0.2, 0) is 4.79 Å². The average molecular weight is 300 g/mol. The second kappa shape index (κ2) is 7.26. The highest BCUT2D eigenvalue weighted by molar-refractivity contribution is 6.00. The molecule has 2 rings (SSSR count). The Balaban J connectivity index is 0.000000239. The minimum Gasteiger partial charge on any atom is -0.492 e. The monoisotopic (exact) mass is 300 g/mol. The summed E-state index contributed by atoms with van der Waals surface area (Å²) in [4.78, 5) is 21.8. The molecule has 0 saturated heterocycles. The van der Waals surface area contributed by atoms with Gasteiger partial charge in [0.2, 0.25) is 5.78 Å². The summed E-state index contributed by atoms with van der Waals surface area (Å²) in [6.45, 7) is 11.9. The second-order valence-corrected chi connectivity index (χ2v) is 6.54. The maximum atomic E-state index is 11.5. The van der Waals surface area contributed by atoms with Gasteiger partial charge in [0.15, 0.2) is 5.78 Å². The minimum atomic E-state index is -0.0649. The van der Waals surface area contributed by atoms with Crippen LogP contribution in [0.5, 0.6) is 5.75 Å². The fourth-order valence-corrected chi connectivity index (χ4v) is 2.01. The van der Waals surface area contributed by atoms with Crippen molar-refractivity contribution >= 4 is 11.6 Å². The van der Waals surface area contributed by atoms with Crippen molar-refractivity contribution in [1.82, 2.24) is 0 Å². The lowest BCUT2D eigenvalue weighted by Gasteiger charge is -2.18. The number of benzene rings is 1. The van der Waals surface area contributed by atoms with Gasteiger partial charge in [-0.15, -0.1) is 0 Å². The second-order valence-electron chi connectivity index (χ2n) is 6.54. The molecule has 0 spiro atoms. The van der Waals surface area contributed by atoms with Crippen LogP contribution in [0.15, 0.2) is 12.1 Å². The van der Waals surface area contributed by atoms with Crippen LogP contribution in [0.4, 0.5) is 0 Å². The topological polar surface area (TPSA) is 43.4 Å². The molecule has 22 heavy (non-hydrogen) atoms. The molecule has 0 fully saturated rings. The standard InChI is InChI=1S/C11H12O2.C8H12O/c1-7-5-8(2)11-9(6-7)10(12)3-4-13-11;1-7(9)5-6-8(2,3)4/h5-6H,3-4H2,1-2H3;1-4H3. The van der Waals surface area contributed by atoms with Gasteiger partial charge in [-0.1, -0.05) is 12.0 Å². The van der Waals surface area contributed by atoms with E-state index in [1.807, 2.05) is 46.8 Å². The molecule has 1 heterocycles. The summed E-state index contributed by atoms with van der Waals surface area (Å²) >= 11 is 0. The highest BCUT2D eigenvalue weighted by atomic mass is 16.5. The van der Waals surface area contributed by atoms with Crippen molar-refractivity contribution in [2.75, 3.05) is 6.61 Å². The molecule has 0 N–H and O–H groups in total. The third-order valence-corrected chi connectivity index (χ3v) is 2.91. The Kier molecular flexibility index (Phi) is 5.93. The zero-order valence-electron chi connectivity index (χ0n) is 14.3. The molecule has 0 atom stereocenters. The van der Waals surface area contributed by atoms with Gasteiger partial charge in [-0.3, -0.25) is 9.59 Å². The van der Waals surface area contributed by atoms with Crippen LogP contribution in [-0.4, -0.2) is 18.2 Å². The van der Waals surface area contributed by atoms with Gasteiger partial charge in [0.25, 0.3) is 0 Å². The van der Waals surface area contributed by atoms with Gasteiger partial charge < -0.3 is 4.74 Å². The van der Waals surface area contributed by atoms with Crippen LogP contribution in [0.1, 0.15) is 55.6 Å². The van der Waals surface area contributed by atoms with Crippen molar-refractivity contribution in [3.05, 3.63) is 28.8 Å². The molecular formula is C19H24O3. The summed E-state index contributed by atoms with van der Waals surface area (Å²) in [5, 5.41) is 0. The van der Waals surface area contributed by atoms with E-state index < -0.39 is 0 Å². The Morgan fingerprint density at radius 2 is 1.86 bits per heavy atom. The number of carbonyl (C=O) groups excluding carboxylic acids is 2. The molecule has 1 aromatic carbocycles. The van der Waals surface area contributed by atoms with Gasteiger partial charge in [0.1, 0.15) is 5.75 Å². The fraction of sp³-hybridized carbons (Fsp3) is 0.474. The Hall–Kier alpha value is -2.08. The normalized spacial score (nSPS) is 12.9. The number of ether oxygens (including phenoxy) is 1. The van der Waals surface area contributed by atoms with E-state index in [1.165, 1.54) is 6.92 Å². The molecule has 1 aliphatic rings. The summed E-state index contributed by atoms with van der Waals surface area (Å²) in [6.07, 6.45) is 0.510. The first-order chi connectivity index (χ1) is 10.1. The van der Waals surface area contributed by atoms with Crippen LogP contribution >= 0.6 is 0 Å². The van der Waals surface area contributed by atoms with Gasteiger partial charge in [0, 0.05) is 18.8 Å². The molecule has 3 heteroatoms. The van der Waals surface area contributed by atoms with Crippen LogP contribution in [0.25, 0.3) is 0 Å². The molecular weight excluding hydrogens is 276 g/mol. The molecule has 0 saturated carbocycles. The Bertz CT molecular complexity index is 637. The van der Waals surface area contributed by atoms with E-state index in [9.17, 15) is 9.59 Å². The maximum Gasteiger partial charge on any atom is 0.202 e. The summed E-state index contributed by atoms with van der Waals surface area (Å²) in [6, 6.07) is 3.95. The van der Waals surface area contributed by atoms with E-state index in [0.717, 1.165) is 22.4 Å². The lowest BCUT2D eigenvalue weighted by Crippen LogP contribution is -2.16. The summed E-state index contributed by atoms with van der Waals surface area (Å²) in [5.41, 5.74) is 2.88. The lowest BCUT2D eigenvalue weighted by molar-refractivity contribution is -0.111. The number of carbonyl (C=O) groups is 2. The van der Waals surface area contributed by atoms with E-state index in [2.05, 4.69) is 11.8 Å². The van der Waals surface area contributed by atoms with Crippen LogP contribution in [0.3, 0.4) is 0 Å². The SMILES string of the molecule is CC(=O)C#CC(C)(C)C.Cc1cc(C)c2c(c1)C(=O)CCO2. The van der Waals surface area contributed by atoms with Crippen LogP contribution in [0.2, 0.25) is 0 Å². The largest absolute Gasteiger partial charge is 0.492 e. The highest BCUT2D eigenvalue weighted by Crippen LogP contribution is 2.29. The first-order valence-electron chi connectivity index (χ1n) is 7.41. The molecule has 3 nitrogen and oxygen atoms in total. The molecule has 1 aromatic rings. The molecule has 0 unspecified atom stereocenters. The average Bonchev–Trinajstić information content (AvgIpc) is 2.38. The maximum absolute atomic E-state index is 11.5. The number of hydrogen-bond acceptors (Lipinski definition) is 3. The first-order valence-corrected chi connectivity index (χ1v) is 7.41. The predicted octanol–water partition coefficient (Wildman–Crippen LogP) is 3.89. The van der Waals surface area contributed by atoms with Crippen molar-refractivity contribution in [3.63, 3.8) is 0 Å². The molecule has 118 valence electrons. The van der Waals surface area contributed by atoms with Crippen molar-refractivity contribution in [2.45, 2.75) is 48.0 Å². The first kappa shape index (κ1) is 18.0. The van der Waals surface area contributed by atoms with Crippen molar-refractivity contribution in [3.8, 4) is 17.6 Å². The van der Waals surface area contributed by atoms with Crippen molar-refractivity contribution in [2.24, 2.45) is 5.41 Å². The molecule has 0 bridgehead atoms. The number of Topliss-reactive ketones (excluding diaryl/α,β-unsaturated/α-hetero) is 2. The van der Waals surface area contributed by atoms with Crippen molar-refractivity contribution < 1.29 is 14.3 Å². The van der Waals surface area contributed by atoms with E-state index >= 15 is 0 Å². The smallest absolute Gasteiger partial charge is 0.202 e. The lowest BCUT2D eigenvalue weighted by atomic mass is 9.98. The Morgan fingerprint density at radius 1 is 1.23 bits per heavy atom. The minimum absolute atomic E-state index is 0.0499. The molecule has 0 radical (unpaired) electrons. The molecule has 0 aromatic heterocycles. The number of rotatable bonds is 0. The van der Waals surface area contributed by atoms with Crippen LogP contribution < -0.4 is 4.74 Å². The zero-order valence-corrected chi connectivity index (χ0v) is 14.3. The molecule has 0 amide bonds. The third-order valence-electron chi connectivity index (χ3n) is 2.91. The van der Waals surface area contributed by atoms with Gasteiger partial charge in [-0.05, 0) is 57.7 Å². The highest BCUT2D eigenvalue weighted by Gasteiger charge is 2.19. The summed E-state index contributed by atoms with van der Waals surface area (Å²) in [5.74, 6) is 6.23.